The maximum atomic E-state index is 11.1. The minimum atomic E-state index is -0.486. The van der Waals surface area contributed by atoms with Gasteiger partial charge < -0.3 is 10.3 Å². The first-order chi connectivity index (χ1) is 12.2. The highest BCUT2D eigenvalue weighted by Crippen LogP contribution is 2.22. The van der Waals surface area contributed by atoms with Crippen LogP contribution in [0.3, 0.4) is 0 Å². The molecule has 4 aromatic rings. The summed E-state index contributed by atoms with van der Waals surface area (Å²) in [6, 6.07) is 12.1. The fourth-order valence-electron chi connectivity index (χ4n) is 2.33. The number of nitrogens with zero attached hydrogens (tertiary/aromatic N) is 5. The van der Waals surface area contributed by atoms with Crippen molar-refractivity contribution in [3.63, 3.8) is 0 Å². The van der Waals surface area contributed by atoms with E-state index in [1.807, 2.05) is 18.3 Å². The SMILES string of the molecule is NC(=O)c1ccc(-c2noc(-c3cc(-n4cccn4)ccn3)n2)cc1. The van der Waals surface area contributed by atoms with Crippen molar-refractivity contribution >= 4 is 5.91 Å². The van der Waals surface area contributed by atoms with Gasteiger partial charge in [0.25, 0.3) is 5.89 Å². The molecule has 2 N–H and O–H groups in total. The Kier molecular flexibility index (Phi) is 3.55. The Morgan fingerprint density at radius 3 is 2.68 bits per heavy atom. The molecule has 0 saturated carbocycles. The molecule has 0 unspecified atom stereocenters. The number of carbonyl (C=O) groups is 1. The second-order valence-corrected chi connectivity index (χ2v) is 5.21. The summed E-state index contributed by atoms with van der Waals surface area (Å²) >= 11 is 0. The van der Waals surface area contributed by atoms with Crippen LogP contribution in [-0.2, 0) is 0 Å². The third-order valence-electron chi connectivity index (χ3n) is 3.59. The maximum absolute atomic E-state index is 11.1. The number of pyridine rings is 1. The molecular weight excluding hydrogens is 320 g/mol. The molecule has 25 heavy (non-hydrogen) atoms. The summed E-state index contributed by atoms with van der Waals surface area (Å²) < 4.78 is 7.02. The van der Waals surface area contributed by atoms with Gasteiger partial charge in [0.1, 0.15) is 5.69 Å². The van der Waals surface area contributed by atoms with Crippen LogP contribution in [0.15, 0.2) is 65.6 Å². The fourth-order valence-corrected chi connectivity index (χ4v) is 2.33. The van der Waals surface area contributed by atoms with E-state index in [0.717, 1.165) is 5.69 Å². The van der Waals surface area contributed by atoms with E-state index in [1.54, 1.807) is 47.4 Å². The number of carbonyl (C=O) groups excluding carboxylic acids is 1. The van der Waals surface area contributed by atoms with E-state index >= 15 is 0 Å². The molecule has 0 aliphatic carbocycles. The predicted octanol–water partition coefficient (Wildman–Crippen LogP) is 2.08. The second-order valence-electron chi connectivity index (χ2n) is 5.21. The summed E-state index contributed by atoms with van der Waals surface area (Å²) in [6.45, 7) is 0. The third-order valence-corrected chi connectivity index (χ3v) is 3.59. The number of aromatic nitrogens is 5. The topological polar surface area (TPSA) is 113 Å². The molecule has 1 amide bonds. The van der Waals surface area contributed by atoms with Crippen molar-refractivity contribution in [1.82, 2.24) is 24.9 Å². The smallest absolute Gasteiger partial charge is 0.276 e. The van der Waals surface area contributed by atoms with Gasteiger partial charge in [0, 0.05) is 29.7 Å². The molecule has 0 saturated heterocycles. The van der Waals surface area contributed by atoms with Crippen LogP contribution in [0.25, 0.3) is 28.7 Å². The molecule has 0 fully saturated rings. The van der Waals surface area contributed by atoms with Crippen LogP contribution < -0.4 is 5.73 Å². The number of amides is 1. The van der Waals surface area contributed by atoms with Crippen molar-refractivity contribution in [3.05, 3.63) is 66.6 Å². The molecule has 0 aliphatic rings. The molecule has 1 aromatic carbocycles. The van der Waals surface area contributed by atoms with Crippen LogP contribution in [0.4, 0.5) is 0 Å². The van der Waals surface area contributed by atoms with Crippen LogP contribution in [0.5, 0.6) is 0 Å². The number of hydrogen-bond acceptors (Lipinski definition) is 6. The van der Waals surface area contributed by atoms with Gasteiger partial charge in [-0.15, -0.1) is 0 Å². The first kappa shape index (κ1) is 14.8. The molecule has 8 nitrogen and oxygen atoms in total. The predicted molar refractivity (Wildman–Crippen MR) is 88.6 cm³/mol. The van der Waals surface area contributed by atoms with E-state index in [1.165, 1.54) is 0 Å². The third kappa shape index (κ3) is 2.88. The monoisotopic (exact) mass is 332 g/mol. The van der Waals surface area contributed by atoms with Gasteiger partial charge in [0.05, 0.1) is 5.69 Å². The summed E-state index contributed by atoms with van der Waals surface area (Å²) in [7, 11) is 0. The van der Waals surface area contributed by atoms with Gasteiger partial charge in [-0.05, 0) is 30.3 Å². The van der Waals surface area contributed by atoms with Gasteiger partial charge in [0.15, 0.2) is 0 Å². The highest BCUT2D eigenvalue weighted by molar-refractivity contribution is 5.93. The lowest BCUT2D eigenvalue weighted by atomic mass is 10.1. The Morgan fingerprint density at radius 1 is 1.12 bits per heavy atom. The number of benzene rings is 1. The Hall–Kier alpha value is -3.81. The highest BCUT2D eigenvalue weighted by atomic mass is 16.5. The average Bonchev–Trinajstić information content (AvgIpc) is 3.34. The van der Waals surface area contributed by atoms with Gasteiger partial charge in [-0.3, -0.25) is 9.78 Å². The van der Waals surface area contributed by atoms with Gasteiger partial charge in [-0.25, -0.2) is 4.68 Å². The summed E-state index contributed by atoms with van der Waals surface area (Å²) in [4.78, 5) is 19.8. The standard InChI is InChI=1S/C17H12N6O2/c18-15(24)11-2-4-12(5-3-11)16-21-17(25-22-16)14-10-13(6-8-19-14)23-9-1-7-20-23/h1-10H,(H2,18,24). The number of hydrogen-bond donors (Lipinski definition) is 1. The second kappa shape index (κ2) is 6.00. The molecule has 3 heterocycles. The zero-order chi connectivity index (χ0) is 17.2. The van der Waals surface area contributed by atoms with E-state index in [4.69, 9.17) is 10.3 Å². The molecule has 122 valence electrons. The molecule has 3 aromatic heterocycles. The van der Waals surface area contributed by atoms with E-state index in [2.05, 4.69) is 20.2 Å². The molecule has 0 atom stereocenters. The summed E-state index contributed by atoms with van der Waals surface area (Å²) in [5, 5.41) is 8.15. The van der Waals surface area contributed by atoms with E-state index < -0.39 is 5.91 Å². The Morgan fingerprint density at radius 2 is 1.96 bits per heavy atom. The van der Waals surface area contributed by atoms with Crippen molar-refractivity contribution in [1.29, 1.82) is 0 Å². The van der Waals surface area contributed by atoms with Gasteiger partial charge >= 0.3 is 0 Å². The van der Waals surface area contributed by atoms with E-state index in [9.17, 15) is 4.79 Å². The zero-order valence-corrected chi connectivity index (χ0v) is 12.9. The first-order valence-electron chi connectivity index (χ1n) is 7.41. The van der Waals surface area contributed by atoms with Gasteiger partial charge in [-0.1, -0.05) is 17.3 Å². The van der Waals surface area contributed by atoms with Crippen molar-refractivity contribution in [2.75, 3.05) is 0 Å². The van der Waals surface area contributed by atoms with Gasteiger partial charge in [-0.2, -0.15) is 10.1 Å². The number of nitrogens with two attached hydrogens (primary N) is 1. The maximum Gasteiger partial charge on any atom is 0.276 e. The zero-order valence-electron chi connectivity index (χ0n) is 12.9. The normalized spacial score (nSPS) is 10.7. The van der Waals surface area contributed by atoms with Crippen LogP contribution in [0.2, 0.25) is 0 Å². The fraction of sp³-hybridized carbons (Fsp3) is 0. The molecule has 4 rings (SSSR count). The van der Waals surface area contributed by atoms with Crippen LogP contribution >= 0.6 is 0 Å². The highest BCUT2D eigenvalue weighted by Gasteiger charge is 2.13. The largest absolute Gasteiger partial charge is 0.366 e. The van der Waals surface area contributed by atoms with Crippen molar-refractivity contribution in [2.24, 2.45) is 5.73 Å². The number of rotatable bonds is 4. The molecule has 0 bridgehead atoms. The van der Waals surface area contributed by atoms with Crippen LogP contribution in [0.1, 0.15) is 10.4 Å². The first-order valence-corrected chi connectivity index (χ1v) is 7.41. The van der Waals surface area contributed by atoms with Crippen molar-refractivity contribution in [2.45, 2.75) is 0 Å². The van der Waals surface area contributed by atoms with Crippen molar-refractivity contribution < 1.29 is 9.32 Å². The summed E-state index contributed by atoms with van der Waals surface area (Å²) in [5.41, 5.74) is 7.74. The average molecular weight is 332 g/mol. The minimum Gasteiger partial charge on any atom is -0.366 e. The lowest BCUT2D eigenvalue weighted by Gasteiger charge is -2.01. The molecular formula is C17H12N6O2. The lowest BCUT2D eigenvalue weighted by Crippen LogP contribution is -2.10. The van der Waals surface area contributed by atoms with E-state index in [-0.39, 0.29) is 0 Å². The van der Waals surface area contributed by atoms with Crippen LogP contribution in [0, 0.1) is 0 Å². The molecule has 8 heteroatoms. The summed E-state index contributed by atoms with van der Waals surface area (Å²) in [5.74, 6) is 0.209. The van der Waals surface area contributed by atoms with E-state index in [0.29, 0.717) is 28.5 Å². The van der Waals surface area contributed by atoms with Crippen LogP contribution in [-0.4, -0.2) is 30.8 Å². The molecule has 0 spiro atoms. The molecule has 0 radical (unpaired) electrons. The Labute approximate surface area is 141 Å². The minimum absolute atomic E-state index is 0.294. The number of primary amides is 1. The summed E-state index contributed by atoms with van der Waals surface area (Å²) in [6.07, 6.45) is 5.18. The Bertz CT molecular complexity index is 1020. The Balaban J connectivity index is 1.65. The van der Waals surface area contributed by atoms with Crippen molar-refractivity contribution in [3.8, 4) is 28.7 Å². The molecule has 0 aliphatic heterocycles. The van der Waals surface area contributed by atoms with Gasteiger partial charge in [0.2, 0.25) is 11.7 Å². The quantitative estimate of drug-likeness (QED) is 0.612. The lowest BCUT2D eigenvalue weighted by molar-refractivity contribution is 0.100.